The molecule has 2 aliphatic rings. The van der Waals surface area contributed by atoms with Crippen molar-refractivity contribution in [3.8, 4) is 0 Å². The van der Waals surface area contributed by atoms with Crippen molar-refractivity contribution in [3.05, 3.63) is 71.3 Å². The largest absolute Gasteiger partial charge is 0.481 e. The SMILES string of the molecule is O=C(N1CCC(c2ccc(F)cc2)CC1)N1CCC(C(=O)O)(c2ccc(F)cc2)CC1. The molecule has 164 valence electrons. The third kappa shape index (κ3) is 4.27. The number of hydrogen-bond donors (Lipinski definition) is 1. The Morgan fingerprint density at radius 3 is 1.81 bits per heavy atom. The van der Waals surface area contributed by atoms with E-state index in [0.717, 1.165) is 18.4 Å². The van der Waals surface area contributed by atoms with Crippen LogP contribution in [0.15, 0.2) is 48.5 Å². The van der Waals surface area contributed by atoms with E-state index in [0.29, 0.717) is 50.5 Å². The van der Waals surface area contributed by atoms with E-state index in [2.05, 4.69) is 0 Å². The predicted molar refractivity (Wildman–Crippen MR) is 112 cm³/mol. The molecule has 2 amide bonds. The highest BCUT2D eigenvalue weighted by Gasteiger charge is 2.44. The van der Waals surface area contributed by atoms with Gasteiger partial charge in [0.2, 0.25) is 0 Å². The molecule has 0 spiro atoms. The summed E-state index contributed by atoms with van der Waals surface area (Å²) in [6.45, 7) is 1.94. The lowest BCUT2D eigenvalue weighted by atomic mass is 9.73. The van der Waals surface area contributed by atoms with Gasteiger partial charge in [0.15, 0.2) is 0 Å². The molecule has 2 aromatic rings. The summed E-state index contributed by atoms with van der Waals surface area (Å²) in [6, 6.07) is 12.1. The first-order valence-electron chi connectivity index (χ1n) is 10.7. The minimum Gasteiger partial charge on any atom is -0.481 e. The molecule has 1 N–H and O–H groups in total. The molecule has 2 fully saturated rings. The molecular formula is C24H26F2N2O3. The second-order valence-electron chi connectivity index (χ2n) is 8.48. The molecule has 0 bridgehead atoms. The van der Waals surface area contributed by atoms with E-state index in [9.17, 15) is 23.5 Å². The highest BCUT2D eigenvalue weighted by atomic mass is 19.1. The van der Waals surface area contributed by atoms with Gasteiger partial charge in [0.1, 0.15) is 11.6 Å². The molecule has 0 aliphatic carbocycles. The van der Waals surface area contributed by atoms with Crippen LogP contribution in [0, 0.1) is 11.6 Å². The number of carbonyl (C=O) groups is 2. The third-order valence-electron chi connectivity index (χ3n) is 6.80. The zero-order valence-corrected chi connectivity index (χ0v) is 17.3. The number of piperidine rings is 2. The van der Waals surface area contributed by atoms with Crippen molar-refractivity contribution in [2.75, 3.05) is 26.2 Å². The van der Waals surface area contributed by atoms with Crippen LogP contribution in [0.5, 0.6) is 0 Å². The zero-order valence-electron chi connectivity index (χ0n) is 17.3. The number of aliphatic carboxylic acids is 1. The summed E-state index contributed by atoms with van der Waals surface area (Å²) in [7, 11) is 0. The van der Waals surface area contributed by atoms with Gasteiger partial charge in [-0.1, -0.05) is 24.3 Å². The van der Waals surface area contributed by atoms with Crippen LogP contribution in [-0.2, 0) is 10.2 Å². The standard InChI is InChI=1S/C24H26F2N2O3/c25-20-5-1-17(2-6-20)18-9-13-27(14-10-18)23(31)28-15-11-24(12-16-28,22(29)30)19-3-7-21(26)8-4-19/h1-8,18H,9-16H2,(H,29,30). The smallest absolute Gasteiger partial charge is 0.319 e. The van der Waals surface area contributed by atoms with Crippen LogP contribution in [0.3, 0.4) is 0 Å². The van der Waals surface area contributed by atoms with E-state index in [-0.39, 0.29) is 11.8 Å². The summed E-state index contributed by atoms with van der Waals surface area (Å²) in [4.78, 5) is 28.7. The summed E-state index contributed by atoms with van der Waals surface area (Å²) >= 11 is 0. The van der Waals surface area contributed by atoms with Crippen LogP contribution in [-0.4, -0.2) is 53.1 Å². The minimum atomic E-state index is -1.10. The Hall–Kier alpha value is -2.96. The highest BCUT2D eigenvalue weighted by Crippen LogP contribution is 2.37. The number of carboxylic acid groups (broad SMARTS) is 1. The van der Waals surface area contributed by atoms with Gasteiger partial charge in [0.25, 0.3) is 0 Å². The fourth-order valence-electron chi connectivity index (χ4n) is 4.81. The monoisotopic (exact) mass is 428 g/mol. The second-order valence-corrected chi connectivity index (χ2v) is 8.48. The minimum absolute atomic E-state index is 0.0596. The number of hydrogen-bond acceptors (Lipinski definition) is 2. The Balaban J connectivity index is 1.36. The van der Waals surface area contributed by atoms with Gasteiger partial charge < -0.3 is 14.9 Å². The maximum atomic E-state index is 13.3. The van der Waals surface area contributed by atoms with Crippen molar-refractivity contribution >= 4 is 12.0 Å². The first kappa shape index (κ1) is 21.3. The Kier molecular flexibility index (Phi) is 5.94. The fraction of sp³-hybridized carbons (Fsp3) is 0.417. The topological polar surface area (TPSA) is 60.9 Å². The van der Waals surface area contributed by atoms with Crippen LogP contribution in [0.1, 0.15) is 42.7 Å². The summed E-state index contributed by atoms with van der Waals surface area (Å²) in [5.41, 5.74) is 0.575. The van der Waals surface area contributed by atoms with Gasteiger partial charge in [0.05, 0.1) is 5.41 Å². The Morgan fingerprint density at radius 2 is 1.29 bits per heavy atom. The normalized spacial score (nSPS) is 19.3. The van der Waals surface area contributed by atoms with Crippen LogP contribution < -0.4 is 0 Å². The molecule has 2 aromatic carbocycles. The van der Waals surface area contributed by atoms with Crippen LogP contribution in [0.25, 0.3) is 0 Å². The summed E-state index contributed by atoms with van der Waals surface area (Å²) < 4.78 is 26.4. The average molecular weight is 428 g/mol. The molecule has 2 aliphatic heterocycles. The molecule has 0 unspecified atom stereocenters. The number of likely N-dealkylation sites (tertiary alicyclic amines) is 2. The van der Waals surface area contributed by atoms with Gasteiger partial charge in [0, 0.05) is 26.2 Å². The summed E-state index contributed by atoms with van der Waals surface area (Å²) in [6.07, 6.45) is 2.23. The molecule has 7 heteroatoms. The zero-order chi connectivity index (χ0) is 22.0. The molecule has 0 atom stereocenters. The predicted octanol–water partition coefficient (Wildman–Crippen LogP) is 4.38. The average Bonchev–Trinajstić information content (AvgIpc) is 2.80. The summed E-state index contributed by atoms with van der Waals surface area (Å²) in [5.74, 6) is -1.28. The van der Waals surface area contributed by atoms with E-state index in [1.165, 1.54) is 36.4 Å². The molecule has 0 saturated carbocycles. The maximum Gasteiger partial charge on any atom is 0.319 e. The molecule has 4 rings (SSSR count). The Labute approximate surface area is 180 Å². The first-order valence-corrected chi connectivity index (χ1v) is 10.7. The van der Waals surface area contributed by atoms with E-state index in [1.807, 2.05) is 17.0 Å². The van der Waals surface area contributed by atoms with Crippen molar-refractivity contribution in [1.29, 1.82) is 0 Å². The summed E-state index contributed by atoms with van der Waals surface area (Å²) in [5, 5.41) is 9.91. The van der Waals surface area contributed by atoms with E-state index in [1.54, 1.807) is 4.90 Å². The fourth-order valence-corrected chi connectivity index (χ4v) is 4.81. The van der Waals surface area contributed by atoms with E-state index < -0.39 is 17.2 Å². The van der Waals surface area contributed by atoms with E-state index in [4.69, 9.17) is 0 Å². The number of rotatable bonds is 3. The Bertz CT molecular complexity index is 930. The van der Waals surface area contributed by atoms with Gasteiger partial charge in [-0.05, 0) is 67.0 Å². The molecular weight excluding hydrogens is 402 g/mol. The van der Waals surface area contributed by atoms with Gasteiger partial charge in [-0.3, -0.25) is 4.79 Å². The lowest BCUT2D eigenvalue weighted by Crippen LogP contribution is -2.53. The Morgan fingerprint density at radius 1 is 0.806 bits per heavy atom. The van der Waals surface area contributed by atoms with Crippen LogP contribution in [0.4, 0.5) is 13.6 Å². The molecule has 0 radical (unpaired) electrons. The second kappa shape index (κ2) is 8.65. The number of benzene rings is 2. The number of urea groups is 1. The van der Waals surface area contributed by atoms with Crippen molar-refractivity contribution in [1.82, 2.24) is 9.80 Å². The molecule has 5 nitrogen and oxygen atoms in total. The lowest BCUT2D eigenvalue weighted by Gasteiger charge is -2.42. The number of carbonyl (C=O) groups excluding carboxylic acids is 1. The van der Waals surface area contributed by atoms with Crippen LogP contribution >= 0.6 is 0 Å². The molecule has 31 heavy (non-hydrogen) atoms. The number of halogens is 2. The van der Waals surface area contributed by atoms with Crippen molar-refractivity contribution in [2.45, 2.75) is 37.0 Å². The quantitative estimate of drug-likeness (QED) is 0.789. The van der Waals surface area contributed by atoms with Gasteiger partial charge in [-0.25, -0.2) is 13.6 Å². The van der Waals surface area contributed by atoms with E-state index >= 15 is 0 Å². The number of nitrogens with zero attached hydrogens (tertiary/aromatic N) is 2. The molecule has 2 saturated heterocycles. The van der Waals surface area contributed by atoms with Crippen molar-refractivity contribution in [3.63, 3.8) is 0 Å². The molecule has 0 aromatic heterocycles. The lowest BCUT2D eigenvalue weighted by molar-refractivity contribution is -0.145. The first-order chi connectivity index (χ1) is 14.9. The third-order valence-corrected chi connectivity index (χ3v) is 6.80. The number of carboxylic acids is 1. The number of amides is 2. The molecule has 2 heterocycles. The van der Waals surface area contributed by atoms with Gasteiger partial charge >= 0.3 is 12.0 Å². The van der Waals surface area contributed by atoms with Crippen LogP contribution in [0.2, 0.25) is 0 Å². The highest BCUT2D eigenvalue weighted by molar-refractivity contribution is 5.82. The van der Waals surface area contributed by atoms with Gasteiger partial charge in [-0.2, -0.15) is 0 Å². The maximum absolute atomic E-state index is 13.3. The van der Waals surface area contributed by atoms with Gasteiger partial charge in [-0.15, -0.1) is 0 Å². The van der Waals surface area contributed by atoms with Crippen molar-refractivity contribution < 1.29 is 23.5 Å². The van der Waals surface area contributed by atoms with Crippen molar-refractivity contribution in [2.24, 2.45) is 0 Å².